The molecule has 4 heteroatoms. The van der Waals surface area contributed by atoms with Crippen LogP contribution in [0.1, 0.15) is 52.9 Å². The number of rotatable bonds is 6. The van der Waals surface area contributed by atoms with Crippen LogP contribution in [0.3, 0.4) is 0 Å². The Morgan fingerprint density at radius 3 is 2.32 bits per heavy atom. The molecule has 1 N–H and O–H groups in total. The Morgan fingerprint density at radius 2 is 1.71 bits per heavy atom. The SMILES string of the molecule is CCc1c(-c2c(C)cc(C)cc2C)nn(CC)c1CN1Cc2ccccc2CC1CO. The fourth-order valence-electron chi connectivity index (χ4n) is 5.30. The van der Waals surface area contributed by atoms with E-state index in [1.165, 1.54) is 44.6 Å². The molecule has 1 atom stereocenters. The molecule has 0 amide bonds. The molecular formula is C27H35N3O. The molecule has 0 fully saturated rings. The fourth-order valence-corrected chi connectivity index (χ4v) is 5.30. The summed E-state index contributed by atoms with van der Waals surface area (Å²) in [6.45, 7) is 13.7. The lowest BCUT2D eigenvalue weighted by molar-refractivity contribution is 0.0968. The van der Waals surface area contributed by atoms with Crippen LogP contribution in [-0.4, -0.2) is 32.4 Å². The van der Waals surface area contributed by atoms with Crippen LogP contribution >= 0.6 is 0 Å². The zero-order valence-corrected chi connectivity index (χ0v) is 19.6. The Hall–Kier alpha value is -2.43. The fraction of sp³-hybridized carbons (Fsp3) is 0.444. The van der Waals surface area contributed by atoms with Gasteiger partial charge in [-0.15, -0.1) is 0 Å². The first kappa shape index (κ1) is 21.8. The van der Waals surface area contributed by atoms with Crippen LogP contribution in [0.2, 0.25) is 0 Å². The van der Waals surface area contributed by atoms with Gasteiger partial charge in [0.25, 0.3) is 0 Å². The van der Waals surface area contributed by atoms with E-state index in [1.54, 1.807) is 0 Å². The highest BCUT2D eigenvalue weighted by atomic mass is 16.3. The number of fused-ring (bicyclic) bond motifs is 1. The predicted octanol–water partition coefficient (Wildman–Crippen LogP) is 4.98. The molecule has 1 aromatic heterocycles. The van der Waals surface area contributed by atoms with E-state index in [-0.39, 0.29) is 12.6 Å². The number of hydrogen-bond donors (Lipinski definition) is 1. The average molecular weight is 418 g/mol. The average Bonchev–Trinajstić information content (AvgIpc) is 3.09. The molecule has 0 aliphatic carbocycles. The minimum Gasteiger partial charge on any atom is -0.395 e. The van der Waals surface area contributed by atoms with Gasteiger partial charge in [0.15, 0.2) is 0 Å². The van der Waals surface area contributed by atoms with Gasteiger partial charge in [0.1, 0.15) is 0 Å². The third-order valence-corrected chi connectivity index (χ3v) is 6.76. The standard InChI is InChI=1S/C27H35N3O/c1-6-24-25(16-29-15-22-11-9-8-10-21(22)14-23(29)17-31)30(7-2)28-27(24)26-19(4)12-18(3)13-20(26)5/h8-13,23,31H,6-7,14-17H2,1-5H3. The maximum Gasteiger partial charge on any atom is 0.0963 e. The van der Waals surface area contributed by atoms with Gasteiger partial charge >= 0.3 is 0 Å². The van der Waals surface area contributed by atoms with Gasteiger partial charge in [-0.05, 0) is 62.8 Å². The predicted molar refractivity (Wildman–Crippen MR) is 127 cm³/mol. The van der Waals surface area contributed by atoms with Crippen LogP contribution in [0, 0.1) is 20.8 Å². The summed E-state index contributed by atoms with van der Waals surface area (Å²) in [6.07, 6.45) is 1.85. The smallest absolute Gasteiger partial charge is 0.0963 e. The van der Waals surface area contributed by atoms with Crippen LogP contribution in [-0.2, 0) is 32.5 Å². The lowest BCUT2D eigenvalue weighted by atomic mass is 9.92. The van der Waals surface area contributed by atoms with Gasteiger partial charge in [0.05, 0.1) is 18.0 Å². The number of benzene rings is 2. The molecule has 31 heavy (non-hydrogen) atoms. The van der Waals surface area contributed by atoms with E-state index < -0.39 is 0 Å². The number of hydrogen-bond acceptors (Lipinski definition) is 3. The van der Waals surface area contributed by atoms with Crippen molar-refractivity contribution in [1.29, 1.82) is 0 Å². The van der Waals surface area contributed by atoms with E-state index in [0.29, 0.717) is 0 Å². The molecular weight excluding hydrogens is 382 g/mol. The Labute approximate surface area is 186 Å². The maximum absolute atomic E-state index is 10.1. The van der Waals surface area contributed by atoms with Gasteiger partial charge in [0.2, 0.25) is 0 Å². The van der Waals surface area contributed by atoms with Gasteiger partial charge in [-0.1, -0.05) is 48.9 Å². The van der Waals surface area contributed by atoms with Crippen molar-refractivity contribution in [3.63, 3.8) is 0 Å². The Kier molecular flexibility index (Phi) is 6.31. The monoisotopic (exact) mass is 417 g/mol. The molecule has 0 spiro atoms. The molecule has 1 unspecified atom stereocenters. The zero-order valence-electron chi connectivity index (χ0n) is 19.6. The molecule has 2 heterocycles. The van der Waals surface area contributed by atoms with E-state index in [4.69, 9.17) is 5.10 Å². The van der Waals surface area contributed by atoms with Crippen molar-refractivity contribution >= 4 is 0 Å². The third-order valence-electron chi connectivity index (χ3n) is 6.76. The molecule has 2 aromatic carbocycles. The number of nitrogens with zero attached hydrogens (tertiary/aromatic N) is 3. The first-order valence-corrected chi connectivity index (χ1v) is 11.5. The van der Waals surface area contributed by atoms with Gasteiger partial charge in [-0.2, -0.15) is 5.10 Å². The van der Waals surface area contributed by atoms with E-state index in [0.717, 1.165) is 38.2 Å². The number of aliphatic hydroxyl groups is 1. The van der Waals surface area contributed by atoms with E-state index >= 15 is 0 Å². The van der Waals surface area contributed by atoms with Crippen LogP contribution in [0.25, 0.3) is 11.3 Å². The van der Waals surface area contributed by atoms with Gasteiger partial charge in [-0.25, -0.2) is 0 Å². The van der Waals surface area contributed by atoms with E-state index in [9.17, 15) is 5.11 Å². The summed E-state index contributed by atoms with van der Waals surface area (Å²) in [6, 6.07) is 13.3. The molecule has 4 rings (SSSR count). The summed E-state index contributed by atoms with van der Waals surface area (Å²) in [5.74, 6) is 0. The highest BCUT2D eigenvalue weighted by Crippen LogP contribution is 2.34. The zero-order chi connectivity index (χ0) is 22.1. The summed E-state index contributed by atoms with van der Waals surface area (Å²) in [4.78, 5) is 2.43. The van der Waals surface area contributed by atoms with E-state index in [1.807, 2.05) is 0 Å². The summed E-state index contributed by atoms with van der Waals surface area (Å²) in [5, 5.41) is 15.2. The largest absolute Gasteiger partial charge is 0.395 e. The molecule has 3 aromatic rings. The molecule has 0 saturated carbocycles. The molecule has 1 aliphatic rings. The normalized spacial score (nSPS) is 16.5. The minimum atomic E-state index is 0.145. The van der Waals surface area contributed by atoms with Gasteiger partial charge < -0.3 is 5.11 Å². The van der Waals surface area contributed by atoms with Crippen molar-refractivity contribution in [1.82, 2.24) is 14.7 Å². The summed E-state index contributed by atoms with van der Waals surface area (Å²) in [7, 11) is 0. The van der Waals surface area contributed by atoms with Crippen molar-refractivity contribution in [2.45, 2.75) is 73.1 Å². The first-order valence-electron chi connectivity index (χ1n) is 11.5. The van der Waals surface area contributed by atoms with E-state index in [2.05, 4.69) is 80.6 Å². The molecule has 0 radical (unpaired) electrons. The summed E-state index contributed by atoms with van der Waals surface area (Å²) in [5.41, 5.74) is 11.7. The number of aryl methyl sites for hydroxylation is 4. The number of aliphatic hydroxyl groups excluding tert-OH is 1. The van der Waals surface area contributed by atoms with Crippen molar-refractivity contribution in [3.05, 3.63) is 75.5 Å². The Bertz CT molecular complexity index is 1060. The summed E-state index contributed by atoms with van der Waals surface area (Å²) >= 11 is 0. The summed E-state index contributed by atoms with van der Waals surface area (Å²) < 4.78 is 2.18. The molecule has 1 aliphatic heterocycles. The van der Waals surface area contributed by atoms with Crippen molar-refractivity contribution in [2.75, 3.05) is 6.61 Å². The third kappa shape index (κ3) is 4.07. The lowest BCUT2D eigenvalue weighted by Crippen LogP contribution is -2.42. The van der Waals surface area contributed by atoms with Crippen LogP contribution in [0.15, 0.2) is 36.4 Å². The Balaban J connectivity index is 1.76. The van der Waals surface area contributed by atoms with Crippen molar-refractivity contribution in [2.24, 2.45) is 0 Å². The molecule has 0 saturated heterocycles. The second-order valence-corrected chi connectivity index (χ2v) is 8.93. The van der Waals surface area contributed by atoms with Crippen LogP contribution in [0.4, 0.5) is 0 Å². The van der Waals surface area contributed by atoms with Gasteiger partial charge in [0, 0.05) is 36.8 Å². The van der Waals surface area contributed by atoms with Gasteiger partial charge in [-0.3, -0.25) is 9.58 Å². The number of aromatic nitrogens is 2. The maximum atomic E-state index is 10.1. The topological polar surface area (TPSA) is 41.3 Å². The second-order valence-electron chi connectivity index (χ2n) is 8.93. The van der Waals surface area contributed by atoms with Crippen molar-refractivity contribution in [3.8, 4) is 11.3 Å². The quantitative estimate of drug-likeness (QED) is 0.615. The highest BCUT2D eigenvalue weighted by Gasteiger charge is 2.28. The molecule has 4 nitrogen and oxygen atoms in total. The van der Waals surface area contributed by atoms with Crippen LogP contribution in [0.5, 0.6) is 0 Å². The second kappa shape index (κ2) is 8.97. The first-order chi connectivity index (χ1) is 15.0. The molecule has 164 valence electrons. The van der Waals surface area contributed by atoms with Crippen LogP contribution < -0.4 is 0 Å². The Morgan fingerprint density at radius 1 is 1.03 bits per heavy atom. The lowest BCUT2D eigenvalue weighted by Gasteiger charge is -2.36. The molecule has 0 bridgehead atoms. The highest BCUT2D eigenvalue weighted by molar-refractivity contribution is 5.71. The van der Waals surface area contributed by atoms with Crippen molar-refractivity contribution < 1.29 is 5.11 Å². The minimum absolute atomic E-state index is 0.145.